The summed E-state index contributed by atoms with van der Waals surface area (Å²) < 4.78 is 13.0. The van der Waals surface area contributed by atoms with Gasteiger partial charge in [-0.15, -0.1) is 5.10 Å². The molecule has 1 aromatic carbocycles. The Balaban J connectivity index is 1.39. The van der Waals surface area contributed by atoms with Crippen LogP contribution in [-0.4, -0.2) is 60.8 Å². The molecule has 1 amide bonds. The molecule has 1 fully saturated rings. The Labute approximate surface area is 199 Å². The maximum absolute atomic E-state index is 13.0. The molecule has 0 aliphatic carbocycles. The van der Waals surface area contributed by atoms with Gasteiger partial charge in [-0.2, -0.15) is 4.98 Å². The van der Waals surface area contributed by atoms with Gasteiger partial charge in [-0.05, 0) is 31.9 Å². The van der Waals surface area contributed by atoms with Crippen molar-refractivity contribution in [2.75, 3.05) is 19.7 Å². The van der Waals surface area contributed by atoms with Gasteiger partial charge in [0.15, 0.2) is 5.65 Å². The highest BCUT2D eigenvalue weighted by Gasteiger charge is 2.30. The number of carbonyl (C=O) groups excluding carboxylic acids is 2. The van der Waals surface area contributed by atoms with Crippen molar-refractivity contribution in [3.05, 3.63) is 59.1 Å². The van der Waals surface area contributed by atoms with Crippen LogP contribution in [0, 0.1) is 5.92 Å². The van der Waals surface area contributed by atoms with E-state index in [0.717, 1.165) is 10.2 Å². The molecule has 0 saturated carbocycles. The van der Waals surface area contributed by atoms with Gasteiger partial charge in [0, 0.05) is 24.8 Å². The predicted octanol–water partition coefficient (Wildman–Crippen LogP) is 2.01. The normalized spacial score (nSPS) is 15.9. The second kappa shape index (κ2) is 9.53. The van der Waals surface area contributed by atoms with Gasteiger partial charge in [0.1, 0.15) is 6.54 Å². The van der Waals surface area contributed by atoms with E-state index in [2.05, 4.69) is 15.2 Å². The highest BCUT2D eigenvalue weighted by molar-refractivity contribution is 5.78. The molecule has 5 rings (SSSR count). The SMILES string of the molecule is CCOC(=O)[C@H]1CCCN(C(=O)Cn2nc3c(-c4nc(-c5ccccc5)no4)cccn3c2=O)C1. The zero-order valence-electron chi connectivity index (χ0n) is 19.2. The lowest BCUT2D eigenvalue weighted by Crippen LogP contribution is -2.45. The smallest absolute Gasteiger partial charge is 0.350 e. The molecule has 4 heterocycles. The number of pyridine rings is 1. The third kappa shape index (κ3) is 4.44. The summed E-state index contributed by atoms with van der Waals surface area (Å²) in [7, 11) is 0. The molecule has 0 spiro atoms. The van der Waals surface area contributed by atoms with Crippen LogP contribution in [0.1, 0.15) is 19.8 Å². The molecule has 180 valence electrons. The summed E-state index contributed by atoms with van der Waals surface area (Å²) in [6.07, 6.45) is 2.94. The number of likely N-dealkylation sites (tertiary alicyclic amines) is 1. The summed E-state index contributed by atoms with van der Waals surface area (Å²) in [5, 5.41) is 8.43. The van der Waals surface area contributed by atoms with E-state index in [4.69, 9.17) is 9.26 Å². The molecule has 11 nitrogen and oxygen atoms in total. The Morgan fingerprint density at radius 3 is 2.80 bits per heavy atom. The van der Waals surface area contributed by atoms with E-state index >= 15 is 0 Å². The van der Waals surface area contributed by atoms with Gasteiger partial charge in [0.05, 0.1) is 18.1 Å². The van der Waals surface area contributed by atoms with E-state index in [1.807, 2.05) is 30.3 Å². The van der Waals surface area contributed by atoms with Crippen molar-refractivity contribution < 1.29 is 18.8 Å². The molecule has 1 aliphatic rings. The van der Waals surface area contributed by atoms with Crippen LogP contribution in [0.2, 0.25) is 0 Å². The topological polar surface area (TPSA) is 125 Å². The fraction of sp³-hybridized carbons (Fsp3) is 0.333. The van der Waals surface area contributed by atoms with Crippen LogP contribution in [0.4, 0.5) is 0 Å². The first-order chi connectivity index (χ1) is 17.0. The predicted molar refractivity (Wildman–Crippen MR) is 124 cm³/mol. The second-order valence-electron chi connectivity index (χ2n) is 8.28. The average Bonchev–Trinajstić information content (AvgIpc) is 3.50. The fourth-order valence-corrected chi connectivity index (χ4v) is 4.23. The first-order valence-electron chi connectivity index (χ1n) is 11.5. The number of amides is 1. The number of piperidine rings is 1. The van der Waals surface area contributed by atoms with Crippen LogP contribution in [-0.2, 0) is 20.9 Å². The van der Waals surface area contributed by atoms with E-state index in [1.165, 1.54) is 4.40 Å². The zero-order chi connectivity index (χ0) is 24.4. The molecule has 1 aliphatic heterocycles. The number of rotatable bonds is 6. The van der Waals surface area contributed by atoms with Crippen molar-refractivity contribution >= 4 is 17.5 Å². The summed E-state index contributed by atoms with van der Waals surface area (Å²) in [5.74, 6) is -0.301. The van der Waals surface area contributed by atoms with Gasteiger partial charge in [0.25, 0.3) is 5.89 Å². The number of fused-ring (bicyclic) bond motifs is 1. The number of nitrogens with zero attached hydrogens (tertiary/aromatic N) is 6. The minimum absolute atomic E-state index is 0.214. The summed E-state index contributed by atoms with van der Waals surface area (Å²) in [6.45, 7) is 2.61. The summed E-state index contributed by atoms with van der Waals surface area (Å²) in [5.41, 5.74) is 1.12. The number of ether oxygens (including phenoxy) is 1. The Kier molecular flexibility index (Phi) is 6.13. The highest BCUT2D eigenvalue weighted by Crippen LogP contribution is 2.24. The highest BCUT2D eigenvalue weighted by atomic mass is 16.5. The summed E-state index contributed by atoms with van der Waals surface area (Å²) in [4.78, 5) is 44.1. The molecule has 0 unspecified atom stereocenters. The largest absolute Gasteiger partial charge is 0.466 e. The van der Waals surface area contributed by atoms with E-state index in [-0.39, 0.29) is 36.8 Å². The molecule has 0 bridgehead atoms. The molecule has 3 aromatic heterocycles. The lowest BCUT2D eigenvalue weighted by atomic mass is 9.98. The molecule has 0 radical (unpaired) electrons. The van der Waals surface area contributed by atoms with Crippen LogP contribution in [0.3, 0.4) is 0 Å². The molecule has 11 heteroatoms. The Morgan fingerprint density at radius 1 is 1.17 bits per heavy atom. The molecule has 1 saturated heterocycles. The van der Waals surface area contributed by atoms with Crippen molar-refractivity contribution in [3.8, 4) is 22.8 Å². The minimum Gasteiger partial charge on any atom is -0.466 e. The van der Waals surface area contributed by atoms with Gasteiger partial charge in [-0.1, -0.05) is 35.5 Å². The molecule has 4 aromatic rings. The fourth-order valence-electron chi connectivity index (χ4n) is 4.23. The van der Waals surface area contributed by atoms with Crippen LogP contribution in [0.15, 0.2) is 58.0 Å². The van der Waals surface area contributed by atoms with Gasteiger partial charge in [0.2, 0.25) is 11.7 Å². The molecular weight excluding hydrogens is 452 g/mol. The number of benzene rings is 1. The van der Waals surface area contributed by atoms with Gasteiger partial charge >= 0.3 is 11.7 Å². The van der Waals surface area contributed by atoms with Gasteiger partial charge < -0.3 is 14.2 Å². The quantitative estimate of drug-likeness (QED) is 0.387. The average molecular weight is 476 g/mol. The first-order valence-corrected chi connectivity index (χ1v) is 11.5. The van der Waals surface area contributed by atoms with Crippen LogP contribution in [0.25, 0.3) is 28.5 Å². The molecule has 0 N–H and O–H groups in total. The standard InChI is InChI=1S/C24H24N6O5/c1-2-34-23(32)17-10-6-12-28(14-17)19(31)15-30-24(33)29-13-7-11-18(21(29)26-30)22-25-20(27-35-22)16-8-4-3-5-9-16/h3-5,7-9,11,13,17H,2,6,10,12,14-15H2,1H3/t17-/m0/s1. The number of aromatic nitrogens is 5. The Bertz CT molecular complexity index is 1420. The van der Waals surface area contributed by atoms with E-state index in [9.17, 15) is 14.4 Å². The Hall–Kier alpha value is -4.28. The van der Waals surface area contributed by atoms with Crippen molar-refractivity contribution in [3.63, 3.8) is 0 Å². The minimum atomic E-state index is -0.461. The molecule has 1 atom stereocenters. The number of esters is 1. The van der Waals surface area contributed by atoms with Crippen molar-refractivity contribution in [2.24, 2.45) is 5.92 Å². The van der Waals surface area contributed by atoms with Crippen molar-refractivity contribution in [2.45, 2.75) is 26.3 Å². The van der Waals surface area contributed by atoms with Gasteiger partial charge in [-0.3, -0.25) is 9.59 Å². The lowest BCUT2D eigenvalue weighted by Gasteiger charge is -2.31. The molecule has 35 heavy (non-hydrogen) atoms. The first kappa shape index (κ1) is 22.5. The van der Waals surface area contributed by atoms with Gasteiger partial charge in [-0.25, -0.2) is 13.9 Å². The maximum atomic E-state index is 13.0. The maximum Gasteiger partial charge on any atom is 0.350 e. The third-order valence-corrected chi connectivity index (χ3v) is 5.98. The van der Waals surface area contributed by atoms with E-state index in [0.29, 0.717) is 43.0 Å². The summed E-state index contributed by atoms with van der Waals surface area (Å²) in [6, 6.07) is 12.8. The van der Waals surface area contributed by atoms with Crippen LogP contribution >= 0.6 is 0 Å². The Morgan fingerprint density at radius 2 is 2.00 bits per heavy atom. The second-order valence-corrected chi connectivity index (χ2v) is 8.28. The third-order valence-electron chi connectivity index (χ3n) is 5.98. The van der Waals surface area contributed by atoms with E-state index in [1.54, 1.807) is 30.2 Å². The summed E-state index contributed by atoms with van der Waals surface area (Å²) >= 11 is 0. The number of hydrogen-bond acceptors (Lipinski definition) is 8. The monoisotopic (exact) mass is 476 g/mol. The van der Waals surface area contributed by atoms with Crippen molar-refractivity contribution in [1.82, 2.24) is 29.2 Å². The molecular formula is C24H24N6O5. The zero-order valence-corrected chi connectivity index (χ0v) is 19.2. The van der Waals surface area contributed by atoms with Crippen LogP contribution in [0.5, 0.6) is 0 Å². The number of hydrogen-bond donors (Lipinski definition) is 0. The van der Waals surface area contributed by atoms with Crippen molar-refractivity contribution in [1.29, 1.82) is 0 Å². The van der Waals surface area contributed by atoms with E-state index < -0.39 is 5.69 Å². The lowest BCUT2D eigenvalue weighted by molar-refractivity contribution is -0.151. The number of carbonyl (C=O) groups is 2. The van der Waals surface area contributed by atoms with Crippen LogP contribution < -0.4 is 5.69 Å².